The van der Waals surface area contributed by atoms with Crippen molar-refractivity contribution in [2.45, 2.75) is 31.8 Å². The zero-order valence-electron chi connectivity index (χ0n) is 10.9. The molecule has 3 rings (SSSR count). The summed E-state index contributed by atoms with van der Waals surface area (Å²) in [6.45, 7) is 2.46. The van der Waals surface area contributed by atoms with Gasteiger partial charge in [0.1, 0.15) is 11.9 Å². The van der Waals surface area contributed by atoms with Crippen molar-refractivity contribution in [2.75, 3.05) is 24.7 Å². The van der Waals surface area contributed by atoms with Gasteiger partial charge in [-0.15, -0.1) is 5.10 Å². The maximum absolute atomic E-state index is 5.64. The van der Waals surface area contributed by atoms with Crippen LogP contribution in [0.25, 0.3) is 0 Å². The predicted octanol–water partition coefficient (Wildman–Crippen LogP) is 1.59. The van der Waals surface area contributed by atoms with Crippen LogP contribution in [0.5, 0.6) is 0 Å². The van der Waals surface area contributed by atoms with E-state index < -0.39 is 0 Å². The summed E-state index contributed by atoms with van der Waals surface area (Å²) in [6.07, 6.45) is 5.70. The van der Waals surface area contributed by atoms with E-state index in [2.05, 4.69) is 20.3 Å². The summed E-state index contributed by atoms with van der Waals surface area (Å²) in [4.78, 5) is 7.71. The highest BCUT2D eigenvalue weighted by Gasteiger charge is 2.23. The van der Waals surface area contributed by atoms with E-state index in [0.29, 0.717) is 0 Å². The smallest absolute Gasteiger partial charge is 0.156 e. The van der Waals surface area contributed by atoms with Gasteiger partial charge in [0.05, 0.1) is 13.2 Å². The van der Waals surface area contributed by atoms with Crippen molar-refractivity contribution in [2.24, 2.45) is 5.16 Å². The summed E-state index contributed by atoms with van der Waals surface area (Å²) < 4.78 is 5.30. The second-order valence-electron chi connectivity index (χ2n) is 4.76. The molecule has 0 radical (unpaired) electrons. The molecule has 1 aromatic heterocycles. The molecule has 2 saturated heterocycles. The third kappa shape index (κ3) is 3.01. The highest BCUT2D eigenvalue weighted by Crippen LogP contribution is 2.20. The Morgan fingerprint density at radius 2 is 2.26 bits per heavy atom. The van der Waals surface area contributed by atoms with Crippen LogP contribution in [0.15, 0.2) is 23.5 Å². The summed E-state index contributed by atoms with van der Waals surface area (Å²) in [5.41, 5.74) is 0. The highest BCUT2D eigenvalue weighted by atomic mass is 16.6. The molecule has 0 N–H and O–H groups in total. The molecule has 2 fully saturated rings. The van der Waals surface area contributed by atoms with Crippen molar-refractivity contribution >= 4 is 11.7 Å². The van der Waals surface area contributed by atoms with Gasteiger partial charge in [-0.2, -0.15) is 5.10 Å². The first-order valence-corrected chi connectivity index (χ1v) is 6.79. The largest absolute Gasteiger partial charge is 0.391 e. The first kappa shape index (κ1) is 12.3. The number of rotatable bonds is 3. The second-order valence-corrected chi connectivity index (χ2v) is 4.76. The number of anilines is 1. The van der Waals surface area contributed by atoms with Gasteiger partial charge in [0.25, 0.3) is 0 Å². The number of nitrogens with zero attached hydrogens (tertiary/aromatic N) is 4. The van der Waals surface area contributed by atoms with E-state index in [-0.39, 0.29) is 6.10 Å². The zero-order chi connectivity index (χ0) is 12.9. The van der Waals surface area contributed by atoms with Crippen molar-refractivity contribution in [1.29, 1.82) is 0 Å². The Morgan fingerprint density at radius 3 is 3.05 bits per heavy atom. The SMILES string of the molecule is c1cnnc(N2CCCC2=NOC2CCOCC2)c1. The summed E-state index contributed by atoms with van der Waals surface area (Å²) in [6, 6.07) is 3.83. The van der Waals surface area contributed by atoms with Gasteiger partial charge in [-0.05, 0) is 18.6 Å². The van der Waals surface area contributed by atoms with Crippen LogP contribution in [-0.4, -0.2) is 41.9 Å². The van der Waals surface area contributed by atoms with Crippen molar-refractivity contribution in [1.82, 2.24) is 10.2 Å². The number of hydrogen-bond donors (Lipinski definition) is 0. The Labute approximate surface area is 112 Å². The van der Waals surface area contributed by atoms with E-state index >= 15 is 0 Å². The summed E-state index contributed by atoms with van der Waals surface area (Å²) in [7, 11) is 0. The molecular weight excluding hydrogens is 244 g/mol. The maximum atomic E-state index is 5.64. The van der Waals surface area contributed by atoms with Crippen molar-refractivity contribution in [3.63, 3.8) is 0 Å². The summed E-state index contributed by atoms with van der Waals surface area (Å²) in [5, 5.41) is 12.4. The lowest BCUT2D eigenvalue weighted by atomic mass is 10.2. The first-order valence-electron chi connectivity index (χ1n) is 6.79. The standard InChI is InChI=1S/C13H18N4O2/c1-3-12(15-14-7-1)17-8-2-4-13(17)16-19-11-5-9-18-10-6-11/h1,3,7,11H,2,4-6,8-10H2. The Bertz CT molecular complexity index is 432. The van der Waals surface area contributed by atoms with E-state index in [1.54, 1.807) is 6.20 Å². The molecular formula is C13H18N4O2. The molecule has 3 heterocycles. The lowest BCUT2D eigenvalue weighted by molar-refractivity contribution is -0.0302. The number of oxime groups is 1. The molecule has 0 aliphatic carbocycles. The van der Waals surface area contributed by atoms with Crippen molar-refractivity contribution < 1.29 is 9.57 Å². The normalized spacial score (nSPS) is 22.9. The Hall–Kier alpha value is -1.69. The van der Waals surface area contributed by atoms with Gasteiger partial charge in [0.2, 0.25) is 0 Å². The molecule has 6 nitrogen and oxygen atoms in total. The predicted molar refractivity (Wildman–Crippen MR) is 71.0 cm³/mol. The second kappa shape index (κ2) is 5.97. The lowest BCUT2D eigenvalue weighted by Crippen LogP contribution is -2.27. The molecule has 2 aliphatic heterocycles. The zero-order valence-corrected chi connectivity index (χ0v) is 10.9. The Balaban J connectivity index is 1.65. The van der Waals surface area contributed by atoms with Crippen LogP contribution in [-0.2, 0) is 9.57 Å². The number of aromatic nitrogens is 2. The van der Waals surface area contributed by atoms with Gasteiger partial charge in [0, 0.05) is 32.0 Å². The Morgan fingerprint density at radius 1 is 1.37 bits per heavy atom. The van der Waals surface area contributed by atoms with E-state index in [1.165, 1.54) is 0 Å². The van der Waals surface area contributed by atoms with E-state index in [1.807, 2.05) is 12.1 Å². The van der Waals surface area contributed by atoms with Crippen LogP contribution in [0.3, 0.4) is 0 Å². The van der Waals surface area contributed by atoms with Crippen LogP contribution >= 0.6 is 0 Å². The topological polar surface area (TPSA) is 59.8 Å². The third-order valence-corrected chi connectivity index (χ3v) is 3.40. The number of amidine groups is 1. The fourth-order valence-corrected chi connectivity index (χ4v) is 2.36. The van der Waals surface area contributed by atoms with E-state index in [4.69, 9.17) is 9.57 Å². The highest BCUT2D eigenvalue weighted by molar-refractivity contribution is 5.98. The van der Waals surface area contributed by atoms with Crippen molar-refractivity contribution in [3.8, 4) is 0 Å². The Kier molecular flexibility index (Phi) is 3.88. The lowest BCUT2D eigenvalue weighted by Gasteiger charge is -2.21. The van der Waals surface area contributed by atoms with Gasteiger partial charge in [-0.25, -0.2) is 0 Å². The minimum Gasteiger partial charge on any atom is -0.391 e. The molecule has 0 spiro atoms. The minimum atomic E-state index is 0.186. The van der Waals surface area contributed by atoms with Crippen LogP contribution in [0, 0.1) is 0 Å². The van der Waals surface area contributed by atoms with E-state index in [9.17, 15) is 0 Å². The molecule has 102 valence electrons. The molecule has 6 heteroatoms. The van der Waals surface area contributed by atoms with Gasteiger partial charge < -0.3 is 14.5 Å². The first-order chi connectivity index (χ1) is 9.43. The van der Waals surface area contributed by atoms with Gasteiger partial charge in [0.15, 0.2) is 5.82 Å². The summed E-state index contributed by atoms with van der Waals surface area (Å²) in [5.74, 6) is 1.79. The molecule has 1 aromatic rings. The molecule has 0 bridgehead atoms. The number of hydrogen-bond acceptors (Lipinski definition) is 5. The molecule has 0 aromatic carbocycles. The molecule has 0 amide bonds. The van der Waals surface area contributed by atoms with E-state index in [0.717, 1.165) is 57.1 Å². The van der Waals surface area contributed by atoms with Gasteiger partial charge in [-0.1, -0.05) is 5.16 Å². The van der Waals surface area contributed by atoms with Gasteiger partial charge >= 0.3 is 0 Å². The fraction of sp³-hybridized carbons (Fsp3) is 0.615. The maximum Gasteiger partial charge on any atom is 0.156 e. The summed E-state index contributed by atoms with van der Waals surface area (Å²) >= 11 is 0. The molecule has 2 aliphatic rings. The third-order valence-electron chi connectivity index (χ3n) is 3.40. The number of ether oxygens (including phenoxy) is 1. The van der Waals surface area contributed by atoms with Crippen molar-refractivity contribution in [3.05, 3.63) is 18.3 Å². The average Bonchev–Trinajstić information content (AvgIpc) is 2.95. The van der Waals surface area contributed by atoms with Crippen LogP contribution < -0.4 is 4.90 Å². The molecule has 0 saturated carbocycles. The van der Waals surface area contributed by atoms with Crippen LogP contribution in [0.4, 0.5) is 5.82 Å². The minimum absolute atomic E-state index is 0.186. The molecule has 0 atom stereocenters. The fourth-order valence-electron chi connectivity index (χ4n) is 2.36. The monoisotopic (exact) mass is 262 g/mol. The molecule has 0 unspecified atom stereocenters. The van der Waals surface area contributed by atoms with Crippen LogP contribution in [0.1, 0.15) is 25.7 Å². The quantitative estimate of drug-likeness (QED) is 0.774. The average molecular weight is 262 g/mol. The van der Waals surface area contributed by atoms with Gasteiger partial charge in [-0.3, -0.25) is 0 Å². The molecule has 19 heavy (non-hydrogen) atoms. The van der Waals surface area contributed by atoms with Crippen LogP contribution in [0.2, 0.25) is 0 Å².